The zero-order valence-electron chi connectivity index (χ0n) is 24.1. The van der Waals surface area contributed by atoms with Crippen LogP contribution in [0.1, 0.15) is 56.7 Å². The van der Waals surface area contributed by atoms with Gasteiger partial charge < -0.3 is 19.1 Å². The molecule has 0 aliphatic heterocycles. The molecular weight excluding hydrogens is 528 g/mol. The number of hydrogen-bond donors (Lipinski definition) is 0. The highest BCUT2D eigenvalue weighted by Crippen LogP contribution is 2.38. The summed E-state index contributed by atoms with van der Waals surface area (Å²) in [5.74, 6) is 0.484. The van der Waals surface area contributed by atoms with Gasteiger partial charge in [0, 0.05) is 45.0 Å². The van der Waals surface area contributed by atoms with Crippen LogP contribution in [0.25, 0.3) is 11.3 Å². The number of ether oxygens (including phenoxy) is 3. The van der Waals surface area contributed by atoms with Crippen LogP contribution < -0.4 is 4.74 Å². The summed E-state index contributed by atoms with van der Waals surface area (Å²) in [6.45, 7) is 6.68. The Bertz CT molecular complexity index is 1440. The summed E-state index contributed by atoms with van der Waals surface area (Å²) in [5.41, 5.74) is 3.77. The van der Waals surface area contributed by atoms with Crippen molar-refractivity contribution in [3.63, 3.8) is 0 Å². The van der Waals surface area contributed by atoms with E-state index in [-0.39, 0.29) is 11.4 Å². The van der Waals surface area contributed by atoms with Gasteiger partial charge in [-0.25, -0.2) is 17.2 Å². The Morgan fingerprint density at radius 3 is 2.52 bits per heavy atom. The van der Waals surface area contributed by atoms with Crippen LogP contribution in [0.5, 0.6) is 5.75 Å². The SMILES string of the molecule is COCCCOc1cccc(S(=O)(=O)n2cc(CN(C)C(=O)OC(C)(C)C)c3c2-c2ccccc2CCCC3)c1. The molecule has 0 radical (unpaired) electrons. The normalized spacial score (nSPS) is 13.5. The number of hydrogen-bond acceptors (Lipinski definition) is 6. The molecule has 1 aromatic heterocycles. The summed E-state index contributed by atoms with van der Waals surface area (Å²) in [6, 6.07) is 14.6. The number of rotatable bonds is 9. The topological polar surface area (TPSA) is 87.1 Å². The lowest BCUT2D eigenvalue weighted by atomic mass is 9.91. The molecule has 2 aromatic carbocycles. The molecule has 1 amide bonds. The molecule has 216 valence electrons. The van der Waals surface area contributed by atoms with Gasteiger partial charge in [0.2, 0.25) is 0 Å². The Balaban J connectivity index is 1.80. The van der Waals surface area contributed by atoms with E-state index in [9.17, 15) is 13.2 Å². The molecule has 0 fully saturated rings. The monoisotopic (exact) mass is 568 g/mol. The highest BCUT2D eigenvalue weighted by Gasteiger charge is 2.30. The van der Waals surface area contributed by atoms with Crippen molar-refractivity contribution in [2.75, 3.05) is 27.4 Å². The molecule has 1 aliphatic carbocycles. The van der Waals surface area contributed by atoms with E-state index in [0.717, 1.165) is 41.5 Å². The number of amides is 1. The Kier molecular flexibility index (Phi) is 9.26. The summed E-state index contributed by atoms with van der Waals surface area (Å²) >= 11 is 0. The summed E-state index contributed by atoms with van der Waals surface area (Å²) in [5, 5.41) is 0. The van der Waals surface area contributed by atoms with Crippen LogP contribution in [0.4, 0.5) is 4.79 Å². The van der Waals surface area contributed by atoms with Gasteiger partial charge >= 0.3 is 6.09 Å². The lowest BCUT2D eigenvalue weighted by molar-refractivity contribution is 0.0285. The standard InChI is InChI=1S/C31H40N2O6S/c1-31(2,3)39-30(34)32(4)21-24-22-33(29-27-16-8-6-12-23(27)13-7-9-17-28(24)29)40(35,36)26-15-10-14-25(20-26)38-19-11-18-37-5/h6,8,10,12,14-16,20,22H,7,9,11,13,17-19,21H2,1-5H3. The minimum atomic E-state index is -4.00. The highest BCUT2D eigenvalue weighted by molar-refractivity contribution is 7.90. The maximum atomic E-state index is 14.2. The van der Waals surface area contributed by atoms with Gasteiger partial charge in [-0.3, -0.25) is 0 Å². The van der Waals surface area contributed by atoms with E-state index >= 15 is 0 Å². The van der Waals surface area contributed by atoms with Crippen LogP contribution >= 0.6 is 0 Å². The zero-order valence-corrected chi connectivity index (χ0v) is 24.9. The van der Waals surface area contributed by atoms with Gasteiger partial charge in [0.25, 0.3) is 10.0 Å². The van der Waals surface area contributed by atoms with Crippen LogP contribution in [-0.4, -0.2) is 56.4 Å². The molecule has 8 nitrogen and oxygen atoms in total. The zero-order chi connectivity index (χ0) is 28.9. The van der Waals surface area contributed by atoms with Gasteiger partial charge in [-0.05, 0) is 75.3 Å². The number of carbonyl (C=O) groups excluding carboxylic acids is 1. The van der Waals surface area contributed by atoms with E-state index in [1.807, 2.05) is 39.0 Å². The van der Waals surface area contributed by atoms with Crippen molar-refractivity contribution in [2.45, 2.75) is 69.9 Å². The van der Waals surface area contributed by atoms with Crippen molar-refractivity contribution in [1.82, 2.24) is 8.87 Å². The Morgan fingerprint density at radius 2 is 1.77 bits per heavy atom. The fourth-order valence-corrected chi connectivity index (χ4v) is 6.39. The van der Waals surface area contributed by atoms with Gasteiger partial charge in [0.15, 0.2) is 0 Å². The summed E-state index contributed by atoms with van der Waals surface area (Å²) in [6.07, 6.45) is 5.42. The number of aryl methyl sites for hydroxylation is 1. The number of carbonyl (C=O) groups is 1. The second-order valence-corrected chi connectivity index (χ2v) is 13.0. The third-order valence-corrected chi connectivity index (χ3v) is 8.45. The minimum absolute atomic E-state index is 0.140. The van der Waals surface area contributed by atoms with Crippen molar-refractivity contribution in [3.05, 3.63) is 71.4 Å². The molecule has 4 rings (SSSR count). The lowest BCUT2D eigenvalue weighted by Gasteiger charge is -2.25. The predicted molar refractivity (Wildman–Crippen MR) is 155 cm³/mol. The number of fused-ring (bicyclic) bond motifs is 3. The first kappa shape index (κ1) is 29.7. The van der Waals surface area contributed by atoms with Crippen molar-refractivity contribution in [2.24, 2.45) is 0 Å². The molecule has 0 atom stereocenters. The van der Waals surface area contributed by atoms with Crippen LogP contribution in [0.3, 0.4) is 0 Å². The van der Waals surface area contributed by atoms with Crippen LogP contribution in [0.15, 0.2) is 59.6 Å². The smallest absolute Gasteiger partial charge is 0.410 e. The molecule has 0 saturated heterocycles. The lowest BCUT2D eigenvalue weighted by Crippen LogP contribution is -2.33. The van der Waals surface area contributed by atoms with E-state index < -0.39 is 21.7 Å². The van der Waals surface area contributed by atoms with E-state index in [2.05, 4.69) is 6.07 Å². The number of nitrogens with zero attached hydrogens (tertiary/aromatic N) is 2. The van der Waals surface area contributed by atoms with Crippen molar-refractivity contribution in [3.8, 4) is 17.0 Å². The molecule has 3 aromatic rings. The average molecular weight is 569 g/mol. The maximum Gasteiger partial charge on any atom is 0.410 e. The van der Waals surface area contributed by atoms with E-state index in [1.54, 1.807) is 44.6 Å². The quantitative estimate of drug-likeness (QED) is 0.292. The molecule has 0 bridgehead atoms. The van der Waals surface area contributed by atoms with Gasteiger partial charge in [0.05, 0.1) is 23.7 Å². The fraction of sp³-hybridized carbons (Fsp3) is 0.452. The van der Waals surface area contributed by atoms with E-state index in [4.69, 9.17) is 14.2 Å². The Morgan fingerprint density at radius 1 is 1.02 bits per heavy atom. The first-order valence-electron chi connectivity index (χ1n) is 13.7. The number of methoxy groups -OCH3 is 1. The summed E-state index contributed by atoms with van der Waals surface area (Å²) < 4.78 is 46.3. The molecule has 1 heterocycles. The van der Waals surface area contributed by atoms with Crippen LogP contribution in [0.2, 0.25) is 0 Å². The Labute approximate surface area is 237 Å². The number of aromatic nitrogens is 1. The van der Waals surface area contributed by atoms with Gasteiger partial charge in [-0.1, -0.05) is 30.3 Å². The molecule has 0 unspecified atom stereocenters. The molecule has 9 heteroatoms. The van der Waals surface area contributed by atoms with Crippen LogP contribution in [0, 0.1) is 0 Å². The van der Waals surface area contributed by atoms with E-state index in [1.165, 1.54) is 8.87 Å². The molecule has 1 aliphatic rings. The molecular formula is C31H40N2O6S. The average Bonchev–Trinajstić information content (AvgIpc) is 3.24. The summed E-state index contributed by atoms with van der Waals surface area (Å²) in [7, 11) is -0.690. The third kappa shape index (κ3) is 6.88. The largest absolute Gasteiger partial charge is 0.493 e. The van der Waals surface area contributed by atoms with Gasteiger partial charge in [-0.2, -0.15) is 0 Å². The van der Waals surface area contributed by atoms with Crippen molar-refractivity contribution in [1.29, 1.82) is 0 Å². The second kappa shape index (κ2) is 12.5. The molecule has 40 heavy (non-hydrogen) atoms. The predicted octanol–water partition coefficient (Wildman–Crippen LogP) is 6.05. The van der Waals surface area contributed by atoms with Gasteiger partial charge in [0.1, 0.15) is 11.4 Å². The van der Waals surface area contributed by atoms with Crippen molar-refractivity contribution >= 4 is 16.1 Å². The Hall–Kier alpha value is -3.30. The first-order valence-corrected chi connectivity index (χ1v) is 15.2. The second-order valence-electron chi connectivity index (χ2n) is 11.2. The fourth-order valence-electron chi connectivity index (χ4n) is 4.93. The first-order chi connectivity index (χ1) is 19.0. The number of benzene rings is 2. The molecule has 0 spiro atoms. The van der Waals surface area contributed by atoms with Gasteiger partial charge in [-0.15, -0.1) is 0 Å². The maximum absolute atomic E-state index is 14.2. The highest BCUT2D eigenvalue weighted by atomic mass is 32.2. The van der Waals surface area contributed by atoms with Crippen LogP contribution in [-0.2, 0) is 38.9 Å². The molecule has 0 N–H and O–H groups in total. The van der Waals surface area contributed by atoms with Crippen molar-refractivity contribution < 1.29 is 27.4 Å². The molecule has 0 saturated carbocycles. The van der Waals surface area contributed by atoms with E-state index in [0.29, 0.717) is 37.5 Å². The summed E-state index contributed by atoms with van der Waals surface area (Å²) in [4.78, 5) is 14.4. The third-order valence-electron chi connectivity index (χ3n) is 6.80. The minimum Gasteiger partial charge on any atom is -0.493 e.